The molecule has 1 aliphatic heterocycles. The summed E-state index contributed by atoms with van der Waals surface area (Å²) in [6, 6.07) is 20.3. The first-order valence-corrected chi connectivity index (χ1v) is 11.9. The Bertz CT molecular complexity index is 1010. The predicted molar refractivity (Wildman–Crippen MR) is 126 cm³/mol. The van der Waals surface area contributed by atoms with Crippen molar-refractivity contribution < 1.29 is 4.79 Å². The molecule has 1 fully saturated rings. The molecule has 2 heterocycles. The van der Waals surface area contributed by atoms with Gasteiger partial charge in [0, 0.05) is 23.7 Å². The smallest absolute Gasteiger partial charge is 0.236 e. The normalized spacial score (nSPS) is 17.4. The fourth-order valence-electron chi connectivity index (χ4n) is 4.11. The molecule has 0 radical (unpaired) electrons. The Balaban J connectivity index is 1.61. The Morgan fingerprint density at radius 2 is 1.65 bits per heavy atom. The number of hydrogen-bond acceptors (Lipinski definition) is 5. The highest BCUT2D eigenvalue weighted by atomic mass is 32.2. The third kappa shape index (κ3) is 4.96. The van der Waals surface area contributed by atoms with E-state index in [1.807, 2.05) is 67.6 Å². The van der Waals surface area contributed by atoms with Gasteiger partial charge in [0.1, 0.15) is 11.4 Å². The first kappa shape index (κ1) is 21.5. The topological polar surface area (TPSA) is 59.0 Å². The van der Waals surface area contributed by atoms with Crippen LogP contribution in [-0.2, 0) is 4.79 Å². The van der Waals surface area contributed by atoms with Gasteiger partial charge >= 0.3 is 0 Å². The van der Waals surface area contributed by atoms with Crippen molar-refractivity contribution in [1.82, 2.24) is 20.1 Å². The maximum atomic E-state index is 13.1. The van der Waals surface area contributed by atoms with Crippen LogP contribution in [0.25, 0.3) is 22.5 Å². The van der Waals surface area contributed by atoms with E-state index < -0.39 is 0 Å². The number of aromatic nitrogens is 3. The number of piperidine rings is 1. The van der Waals surface area contributed by atoms with Gasteiger partial charge in [0.25, 0.3) is 0 Å². The minimum atomic E-state index is -0.250. The third-order valence-corrected chi connectivity index (χ3v) is 6.71. The molecule has 3 aromatic rings. The second-order valence-electron chi connectivity index (χ2n) is 7.87. The number of hydrogen-bond donors (Lipinski definition) is 0. The van der Waals surface area contributed by atoms with E-state index in [0.717, 1.165) is 48.3 Å². The van der Waals surface area contributed by atoms with Crippen LogP contribution in [0.1, 0.15) is 39.5 Å². The van der Waals surface area contributed by atoms with Crippen LogP contribution in [0.4, 0.5) is 0 Å². The van der Waals surface area contributed by atoms with Crippen LogP contribution in [0, 0.1) is 0 Å². The van der Waals surface area contributed by atoms with Gasteiger partial charge in [-0.3, -0.25) is 4.79 Å². The van der Waals surface area contributed by atoms with Crippen LogP contribution in [0.5, 0.6) is 0 Å². The molecule has 0 aliphatic carbocycles. The molecule has 2 aromatic carbocycles. The van der Waals surface area contributed by atoms with Crippen molar-refractivity contribution in [2.45, 2.75) is 56.0 Å². The van der Waals surface area contributed by atoms with E-state index in [0.29, 0.717) is 11.2 Å². The summed E-state index contributed by atoms with van der Waals surface area (Å²) in [5.74, 6) is 0.175. The van der Waals surface area contributed by atoms with Gasteiger partial charge < -0.3 is 4.90 Å². The summed E-state index contributed by atoms with van der Waals surface area (Å²) in [7, 11) is 0. The Morgan fingerprint density at radius 3 is 2.29 bits per heavy atom. The molecule has 1 aliphatic rings. The lowest BCUT2D eigenvalue weighted by Crippen LogP contribution is -2.46. The number of rotatable bonds is 6. The Kier molecular flexibility index (Phi) is 6.97. The SMILES string of the molecule is CCC1CCCCN1C(=O)C(C)Sc1nnc(-c2ccccc2)c(-c2ccccc2)n1. The lowest BCUT2D eigenvalue weighted by atomic mass is 10.00. The molecule has 2 unspecified atom stereocenters. The number of amides is 1. The fraction of sp³-hybridized carbons (Fsp3) is 0.360. The molecule has 0 saturated carbocycles. The minimum absolute atomic E-state index is 0.175. The first-order chi connectivity index (χ1) is 15.2. The van der Waals surface area contributed by atoms with Crippen molar-refractivity contribution in [2.75, 3.05) is 6.54 Å². The standard InChI is InChI=1S/C25H28N4OS/c1-3-21-16-10-11-17-29(21)24(30)18(2)31-25-26-22(19-12-6-4-7-13-19)23(27-28-25)20-14-8-5-9-15-20/h4-9,12-15,18,21H,3,10-11,16-17H2,1-2H3. The van der Waals surface area contributed by atoms with Gasteiger partial charge in [-0.25, -0.2) is 4.98 Å². The summed E-state index contributed by atoms with van der Waals surface area (Å²) in [6.45, 7) is 4.96. The Hall–Kier alpha value is -2.73. The molecule has 0 bridgehead atoms. The number of carbonyl (C=O) groups is 1. The number of nitrogens with zero attached hydrogens (tertiary/aromatic N) is 4. The molecule has 1 amide bonds. The van der Waals surface area contributed by atoms with E-state index in [-0.39, 0.29) is 11.2 Å². The van der Waals surface area contributed by atoms with Crippen LogP contribution in [-0.4, -0.2) is 43.8 Å². The maximum Gasteiger partial charge on any atom is 0.236 e. The number of benzene rings is 2. The molecule has 31 heavy (non-hydrogen) atoms. The van der Waals surface area contributed by atoms with E-state index in [1.165, 1.54) is 18.2 Å². The van der Waals surface area contributed by atoms with E-state index in [2.05, 4.69) is 22.0 Å². The monoisotopic (exact) mass is 432 g/mol. The second kappa shape index (κ2) is 10.1. The van der Waals surface area contributed by atoms with Crippen LogP contribution in [0.15, 0.2) is 65.8 Å². The van der Waals surface area contributed by atoms with Crippen molar-refractivity contribution in [3.8, 4) is 22.5 Å². The Labute approximate surface area is 188 Å². The lowest BCUT2D eigenvalue weighted by Gasteiger charge is -2.36. The molecular formula is C25H28N4OS. The highest BCUT2D eigenvalue weighted by Crippen LogP contribution is 2.31. The highest BCUT2D eigenvalue weighted by Gasteiger charge is 2.29. The van der Waals surface area contributed by atoms with E-state index in [1.54, 1.807) is 0 Å². The largest absolute Gasteiger partial charge is 0.339 e. The molecular weight excluding hydrogens is 404 g/mol. The average Bonchev–Trinajstić information content (AvgIpc) is 2.84. The highest BCUT2D eigenvalue weighted by molar-refractivity contribution is 8.00. The fourth-order valence-corrected chi connectivity index (χ4v) is 4.89. The van der Waals surface area contributed by atoms with Gasteiger partial charge in [-0.2, -0.15) is 0 Å². The lowest BCUT2D eigenvalue weighted by molar-refractivity contribution is -0.134. The van der Waals surface area contributed by atoms with Gasteiger partial charge in [-0.1, -0.05) is 79.3 Å². The summed E-state index contributed by atoms with van der Waals surface area (Å²) in [4.78, 5) is 20.0. The van der Waals surface area contributed by atoms with Gasteiger partial charge in [0.2, 0.25) is 11.1 Å². The second-order valence-corrected chi connectivity index (χ2v) is 9.18. The van der Waals surface area contributed by atoms with E-state index in [9.17, 15) is 4.79 Å². The summed E-state index contributed by atoms with van der Waals surface area (Å²) in [5.41, 5.74) is 3.49. The van der Waals surface area contributed by atoms with Crippen molar-refractivity contribution in [3.63, 3.8) is 0 Å². The summed E-state index contributed by atoms with van der Waals surface area (Å²) in [6.07, 6.45) is 4.40. The third-order valence-electron chi connectivity index (χ3n) is 5.77. The number of likely N-dealkylation sites (tertiary alicyclic amines) is 1. The molecule has 0 N–H and O–H groups in total. The molecule has 0 spiro atoms. The Morgan fingerprint density at radius 1 is 1.00 bits per heavy atom. The minimum Gasteiger partial charge on any atom is -0.339 e. The first-order valence-electron chi connectivity index (χ1n) is 11.0. The molecule has 6 heteroatoms. The van der Waals surface area contributed by atoms with Crippen molar-refractivity contribution >= 4 is 17.7 Å². The van der Waals surface area contributed by atoms with Gasteiger partial charge in [0.05, 0.1) is 5.25 Å². The zero-order chi connectivity index (χ0) is 21.6. The predicted octanol–water partition coefficient (Wildman–Crippen LogP) is 5.48. The molecule has 1 aromatic heterocycles. The number of thioether (sulfide) groups is 1. The van der Waals surface area contributed by atoms with Crippen LogP contribution in [0.3, 0.4) is 0 Å². The molecule has 4 rings (SSSR count). The molecule has 1 saturated heterocycles. The van der Waals surface area contributed by atoms with E-state index in [4.69, 9.17) is 4.98 Å². The van der Waals surface area contributed by atoms with Gasteiger partial charge in [-0.15, -0.1) is 10.2 Å². The van der Waals surface area contributed by atoms with Crippen molar-refractivity contribution in [2.24, 2.45) is 0 Å². The van der Waals surface area contributed by atoms with Crippen LogP contribution >= 0.6 is 11.8 Å². The molecule has 160 valence electrons. The quantitative estimate of drug-likeness (QED) is 0.483. The number of carbonyl (C=O) groups excluding carboxylic acids is 1. The van der Waals surface area contributed by atoms with Gasteiger partial charge in [-0.05, 0) is 32.6 Å². The maximum absolute atomic E-state index is 13.1. The van der Waals surface area contributed by atoms with Gasteiger partial charge in [0.15, 0.2) is 0 Å². The van der Waals surface area contributed by atoms with Crippen LogP contribution in [0.2, 0.25) is 0 Å². The zero-order valence-corrected chi connectivity index (χ0v) is 18.9. The summed E-state index contributed by atoms with van der Waals surface area (Å²) in [5, 5.41) is 9.18. The zero-order valence-electron chi connectivity index (χ0n) is 18.1. The van der Waals surface area contributed by atoms with Crippen LogP contribution < -0.4 is 0 Å². The molecule has 5 nitrogen and oxygen atoms in total. The summed E-state index contributed by atoms with van der Waals surface area (Å²) < 4.78 is 0. The van der Waals surface area contributed by atoms with E-state index >= 15 is 0 Å². The molecule has 2 atom stereocenters. The van der Waals surface area contributed by atoms with Crippen molar-refractivity contribution in [3.05, 3.63) is 60.7 Å². The summed E-state index contributed by atoms with van der Waals surface area (Å²) >= 11 is 1.39. The van der Waals surface area contributed by atoms with Crippen molar-refractivity contribution in [1.29, 1.82) is 0 Å². The average molecular weight is 433 g/mol.